The van der Waals surface area contributed by atoms with Gasteiger partial charge < -0.3 is 14.2 Å². The SMILES string of the molecule is CO[C@@]12CC[C@@H](O)C[C@@H]1N(Cc1nc(C)n3ccccc13)CC2. The first-order valence-electron chi connectivity index (χ1n) is 8.53. The maximum atomic E-state index is 10.1. The number of likely N-dealkylation sites (tertiary alicyclic amines) is 1. The van der Waals surface area contributed by atoms with Crippen molar-refractivity contribution in [2.45, 2.75) is 56.9 Å². The molecule has 0 radical (unpaired) electrons. The zero-order valence-electron chi connectivity index (χ0n) is 13.9. The molecule has 1 N–H and O–H groups in total. The molecular formula is C18H25N3O2. The molecule has 2 fully saturated rings. The normalized spacial score (nSPS) is 31.6. The van der Waals surface area contributed by atoms with Crippen LogP contribution in [0, 0.1) is 6.92 Å². The maximum absolute atomic E-state index is 10.1. The van der Waals surface area contributed by atoms with Crippen molar-refractivity contribution in [3.8, 4) is 0 Å². The minimum absolute atomic E-state index is 0.0795. The van der Waals surface area contributed by atoms with Gasteiger partial charge in [-0.1, -0.05) is 6.07 Å². The molecule has 0 unspecified atom stereocenters. The Morgan fingerprint density at radius 2 is 2.26 bits per heavy atom. The van der Waals surface area contributed by atoms with Gasteiger partial charge >= 0.3 is 0 Å². The fourth-order valence-electron chi connectivity index (χ4n) is 4.54. The second kappa shape index (κ2) is 5.58. The van der Waals surface area contributed by atoms with Crippen molar-refractivity contribution in [1.29, 1.82) is 0 Å². The summed E-state index contributed by atoms with van der Waals surface area (Å²) in [6, 6.07) is 6.52. The number of ether oxygens (including phenoxy) is 1. The smallest absolute Gasteiger partial charge is 0.110 e. The molecule has 4 rings (SSSR count). The van der Waals surface area contributed by atoms with Gasteiger partial charge in [0.15, 0.2) is 0 Å². The van der Waals surface area contributed by atoms with Gasteiger partial charge in [-0.2, -0.15) is 0 Å². The fourth-order valence-corrected chi connectivity index (χ4v) is 4.54. The highest BCUT2D eigenvalue weighted by molar-refractivity contribution is 5.53. The molecule has 2 aliphatic rings. The number of fused-ring (bicyclic) bond motifs is 2. The van der Waals surface area contributed by atoms with Crippen LogP contribution in [0.15, 0.2) is 24.4 Å². The number of hydrogen-bond acceptors (Lipinski definition) is 4. The summed E-state index contributed by atoms with van der Waals surface area (Å²) in [4.78, 5) is 7.24. The predicted molar refractivity (Wildman–Crippen MR) is 88.3 cm³/mol. The van der Waals surface area contributed by atoms with Crippen LogP contribution in [0.25, 0.3) is 5.52 Å². The summed E-state index contributed by atoms with van der Waals surface area (Å²) >= 11 is 0. The summed E-state index contributed by atoms with van der Waals surface area (Å²) in [7, 11) is 1.82. The average molecular weight is 315 g/mol. The third-order valence-corrected chi connectivity index (χ3v) is 5.83. The van der Waals surface area contributed by atoms with E-state index in [0.717, 1.165) is 50.3 Å². The Hall–Kier alpha value is -1.43. The lowest BCUT2D eigenvalue weighted by atomic mass is 9.79. The largest absolute Gasteiger partial charge is 0.393 e. The number of imidazole rings is 1. The number of aliphatic hydroxyl groups excluding tert-OH is 1. The van der Waals surface area contributed by atoms with Gasteiger partial charge in [-0.15, -0.1) is 0 Å². The molecule has 23 heavy (non-hydrogen) atoms. The Kier molecular flexibility index (Phi) is 3.67. The lowest BCUT2D eigenvalue weighted by Gasteiger charge is -2.42. The average Bonchev–Trinajstić information content (AvgIpc) is 3.08. The molecule has 3 heterocycles. The first kappa shape index (κ1) is 15.1. The van der Waals surface area contributed by atoms with Gasteiger partial charge in [0.1, 0.15) is 5.82 Å². The quantitative estimate of drug-likeness (QED) is 0.943. The van der Waals surface area contributed by atoms with Gasteiger partial charge in [0.2, 0.25) is 0 Å². The number of methoxy groups -OCH3 is 1. The predicted octanol–water partition coefficient (Wildman–Crippen LogP) is 2.15. The van der Waals surface area contributed by atoms with E-state index in [1.807, 2.05) is 20.1 Å². The number of nitrogens with zero attached hydrogens (tertiary/aromatic N) is 3. The zero-order chi connectivity index (χ0) is 16.0. The molecule has 124 valence electrons. The fraction of sp³-hybridized carbons (Fsp3) is 0.611. The van der Waals surface area contributed by atoms with Crippen LogP contribution in [-0.4, -0.2) is 50.8 Å². The molecule has 5 heteroatoms. The Labute approximate surface area is 136 Å². The molecule has 1 aliphatic heterocycles. The molecule has 5 nitrogen and oxygen atoms in total. The molecular weight excluding hydrogens is 290 g/mol. The number of rotatable bonds is 3. The third kappa shape index (κ3) is 2.38. The number of aliphatic hydroxyl groups is 1. The Balaban J connectivity index is 1.63. The van der Waals surface area contributed by atoms with Crippen LogP contribution < -0.4 is 0 Å². The third-order valence-electron chi connectivity index (χ3n) is 5.83. The number of hydrogen-bond donors (Lipinski definition) is 1. The summed E-state index contributed by atoms with van der Waals surface area (Å²) in [5.74, 6) is 1.02. The van der Waals surface area contributed by atoms with E-state index in [0.29, 0.717) is 0 Å². The lowest BCUT2D eigenvalue weighted by Crippen LogP contribution is -2.51. The summed E-state index contributed by atoms with van der Waals surface area (Å²) in [6.45, 7) is 3.88. The van der Waals surface area contributed by atoms with Gasteiger partial charge in [-0.25, -0.2) is 4.98 Å². The highest BCUT2D eigenvalue weighted by Crippen LogP contribution is 2.43. The van der Waals surface area contributed by atoms with E-state index in [-0.39, 0.29) is 17.7 Å². The minimum Gasteiger partial charge on any atom is -0.393 e. The van der Waals surface area contributed by atoms with Crippen LogP contribution in [0.2, 0.25) is 0 Å². The van der Waals surface area contributed by atoms with Gasteiger partial charge in [-0.05, 0) is 44.7 Å². The molecule has 2 aromatic rings. The van der Waals surface area contributed by atoms with Gasteiger partial charge in [0.05, 0.1) is 22.9 Å². The molecule has 0 aromatic carbocycles. The van der Waals surface area contributed by atoms with Crippen molar-refractivity contribution < 1.29 is 9.84 Å². The molecule has 2 aromatic heterocycles. The molecule has 0 spiro atoms. The molecule has 1 saturated carbocycles. The van der Waals surface area contributed by atoms with Crippen LogP contribution in [0.4, 0.5) is 0 Å². The van der Waals surface area contributed by atoms with Crippen molar-refractivity contribution in [1.82, 2.24) is 14.3 Å². The van der Waals surface area contributed by atoms with E-state index >= 15 is 0 Å². The summed E-state index contributed by atoms with van der Waals surface area (Å²) in [6.07, 6.45) is 5.52. The second-order valence-corrected chi connectivity index (χ2v) is 6.99. The molecule has 1 aliphatic carbocycles. The Morgan fingerprint density at radius 1 is 1.39 bits per heavy atom. The second-order valence-electron chi connectivity index (χ2n) is 6.99. The first-order chi connectivity index (χ1) is 11.1. The molecule has 0 amide bonds. The standard InChI is InChI=1S/C18H25N3O2/c1-13-19-15(16-5-3-4-9-21(13)16)12-20-10-8-18(23-2)7-6-14(22)11-17(18)20/h3-5,9,14,17,22H,6-8,10-12H2,1-2H3/t14-,17+,18-/m1/s1. The van der Waals surface area contributed by atoms with E-state index < -0.39 is 0 Å². The lowest BCUT2D eigenvalue weighted by molar-refractivity contribution is -0.0880. The van der Waals surface area contributed by atoms with E-state index in [1.165, 1.54) is 5.52 Å². The van der Waals surface area contributed by atoms with Crippen molar-refractivity contribution in [3.05, 3.63) is 35.9 Å². The topological polar surface area (TPSA) is 50.0 Å². The first-order valence-corrected chi connectivity index (χ1v) is 8.53. The van der Waals surface area contributed by atoms with Crippen molar-refractivity contribution >= 4 is 5.52 Å². The van der Waals surface area contributed by atoms with Crippen LogP contribution >= 0.6 is 0 Å². The van der Waals surface area contributed by atoms with E-state index in [1.54, 1.807) is 0 Å². The molecule has 0 bridgehead atoms. The van der Waals surface area contributed by atoms with E-state index in [9.17, 15) is 5.11 Å². The zero-order valence-corrected chi connectivity index (χ0v) is 13.9. The van der Waals surface area contributed by atoms with Crippen LogP contribution in [0.1, 0.15) is 37.2 Å². The summed E-state index contributed by atoms with van der Waals surface area (Å²) < 4.78 is 8.08. The summed E-state index contributed by atoms with van der Waals surface area (Å²) in [5.41, 5.74) is 2.22. The van der Waals surface area contributed by atoms with Crippen molar-refractivity contribution in [3.63, 3.8) is 0 Å². The summed E-state index contributed by atoms with van der Waals surface area (Å²) in [5, 5.41) is 10.1. The van der Waals surface area contributed by atoms with Crippen LogP contribution in [0.5, 0.6) is 0 Å². The number of aromatic nitrogens is 2. The van der Waals surface area contributed by atoms with E-state index in [4.69, 9.17) is 9.72 Å². The van der Waals surface area contributed by atoms with Gasteiger partial charge in [0, 0.05) is 32.4 Å². The highest BCUT2D eigenvalue weighted by Gasteiger charge is 2.50. The molecule has 3 atom stereocenters. The van der Waals surface area contributed by atoms with Crippen LogP contribution in [0.3, 0.4) is 0 Å². The molecule has 1 saturated heterocycles. The van der Waals surface area contributed by atoms with Crippen LogP contribution in [-0.2, 0) is 11.3 Å². The van der Waals surface area contributed by atoms with Crippen molar-refractivity contribution in [2.75, 3.05) is 13.7 Å². The minimum atomic E-state index is -0.204. The monoisotopic (exact) mass is 315 g/mol. The van der Waals surface area contributed by atoms with Crippen molar-refractivity contribution in [2.24, 2.45) is 0 Å². The highest BCUT2D eigenvalue weighted by atomic mass is 16.5. The Morgan fingerprint density at radius 3 is 3.09 bits per heavy atom. The number of aryl methyl sites for hydroxylation is 1. The maximum Gasteiger partial charge on any atom is 0.110 e. The number of pyridine rings is 1. The Bertz CT molecular complexity index is 713. The van der Waals surface area contributed by atoms with Gasteiger partial charge in [0.25, 0.3) is 0 Å². The van der Waals surface area contributed by atoms with Gasteiger partial charge in [-0.3, -0.25) is 4.90 Å². The van der Waals surface area contributed by atoms with E-state index in [2.05, 4.69) is 27.6 Å².